The number of sulfonamides is 1. The molecule has 2 heterocycles. The minimum atomic E-state index is -3.61. The first-order valence-corrected chi connectivity index (χ1v) is 18.3. The average Bonchev–Trinajstić information content (AvgIpc) is 3.10. The van der Waals surface area contributed by atoms with Crippen molar-refractivity contribution in [2.45, 2.75) is 75.6 Å². The van der Waals surface area contributed by atoms with Crippen LogP contribution in [0.4, 0.5) is 0 Å². The van der Waals surface area contributed by atoms with E-state index in [0.717, 1.165) is 53.0 Å². The van der Waals surface area contributed by atoms with Crippen LogP contribution in [0.3, 0.4) is 0 Å². The standard InChI is InChI=1S/C39H46N2O5S/c1-29-37(27-41-22-8-3-2-4-9-23-41)45-39(46-38(29)32-20-18-30(28-42)19-21-32)35-15-11-14-34(25-35)33-13-10-12-31(24-33)26-40-47(43,44)36-16-6-5-7-17-36/h5-7,10-21,24-25,29,37-40,42H,2-4,8-9,22-23,26-28H2,1H3. The summed E-state index contributed by atoms with van der Waals surface area (Å²) < 4.78 is 41.9. The molecule has 7 nitrogen and oxygen atoms in total. The molecule has 0 bridgehead atoms. The summed E-state index contributed by atoms with van der Waals surface area (Å²) in [4.78, 5) is 2.82. The first kappa shape index (κ1) is 33.5. The fraction of sp³-hybridized carbons (Fsp3) is 0.385. The maximum atomic E-state index is 12.8. The lowest BCUT2D eigenvalue weighted by molar-refractivity contribution is -0.276. The Bertz CT molecular complexity index is 1690. The number of benzene rings is 4. The van der Waals surface area contributed by atoms with Crippen LogP contribution in [-0.2, 0) is 32.6 Å². The van der Waals surface area contributed by atoms with Crippen LogP contribution in [0.15, 0.2) is 108 Å². The Morgan fingerprint density at radius 2 is 1.43 bits per heavy atom. The minimum Gasteiger partial charge on any atom is -0.392 e. The molecule has 4 unspecified atom stereocenters. The fourth-order valence-corrected chi connectivity index (χ4v) is 7.70. The molecule has 2 fully saturated rings. The number of hydrogen-bond acceptors (Lipinski definition) is 6. The highest BCUT2D eigenvalue weighted by Gasteiger charge is 2.39. The van der Waals surface area contributed by atoms with Gasteiger partial charge < -0.3 is 19.5 Å². The van der Waals surface area contributed by atoms with E-state index in [1.54, 1.807) is 30.3 Å². The molecule has 248 valence electrons. The van der Waals surface area contributed by atoms with Crippen molar-refractivity contribution in [3.8, 4) is 11.1 Å². The number of ether oxygens (including phenoxy) is 2. The Balaban J connectivity index is 1.23. The van der Waals surface area contributed by atoms with E-state index in [9.17, 15) is 13.5 Å². The third-order valence-corrected chi connectivity index (χ3v) is 10.9. The van der Waals surface area contributed by atoms with Crippen molar-refractivity contribution in [3.05, 3.63) is 125 Å². The van der Waals surface area contributed by atoms with Gasteiger partial charge in [0.15, 0.2) is 6.29 Å². The Morgan fingerprint density at radius 1 is 0.745 bits per heavy atom. The maximum absolute atomic E-state index is 12.8. The van der Waals surface area contributed by atoms with E-state index in [-0.39, 0.29) is 36.2 Å². The van der Waals surface area contributed by atoms with E-state index in [1.807, 2.05) is 42.5 Å². The van der Waals surface area contributed by atoms with Crippen LogP contribution in [0.25, 0.3) is 11.1 Å². The SMILES string of the molecule is CC1C(CN2CCCCCCC2)OC(c2cccc(-c3cccc(CNS(=O)(=O)c4ccccc4)c3)c2)OC1c1ccc(CO)cc1. The van der Waals surface area contributed by atoms with Crippen molar-refractivity contribution in [1.82, 2.24) is 9.62 Å². The van der Waals surface area contributed by atoms with Gasteiger partial charge in [0, 0.05) is 24.6 Å². The molecule has 2 saturated heterocycles. The summed E-state index contributed by atoms with van der Waals surface area (Å²) in [6.45, 7) is 5.49. The van der Waals surface area contributed by atoms with Gasteiger partial charge >= 0.3 is 0 Å². The van der Waals surface area contributed by atoms with Crippen molar-refractivity contribution >= 4 is 10.0 Å². The molecule has 2 aliphatic rings. The van der Waals surface area contributed by atoms with Crippen LogP contribution in [-0.4, -0.2) is 44.2 Å². The molecule has 47 heavy (non-hydrogen) atoms. The Morgan fingerprint density at radius 3 is 2.15 bits per heavy atom. The highest BCUT2D eigenvalue weighted by molar-refractivity contribution is 7.89. The zero-order chi connectivity index (χ0) is 32.6. The van der Waals surface area contributed by atoms with Crippen LogP contribution in [0.1, 0.15) is 73.7 Å². The second kappa shape index (κ2) is 15.7. The van der Waals surface area contributed by atoms with E-state index >= 15 is 0 Å². The molecular weight excluding hydrogens is 609 g/mol. The normalized spacial score (nSPS) is 22.8. The van der Waals surface area contributed by atoms with Gasteiger partial charge in [-0.15, -0.1) is 0 Å². The molecule has 0 radical (unpaired) electrons. The Kier molecular flexibility index (Phi) is 11.2. The molecule has 4 aromatic rings. The second-order valence-corrected chi connectivity index (χ2v) is 14.6. The van der Waals surface area contributed by atoms with E-state index < -0.39 is 16.3 Å². The first-order valence-electron chi connectivity index (χ1n) is 16.9. The first-order chi connectivity index (χ1) is 22.9. The van der Waals surface area contributed by atoms with Crippen LogP contribution in [0.2, 0.25) is 0 Å². The molecule has 0 aromatic heterocycles. The van der Waals surface area contributed by atoms with Crippen LogP contribution in [0, 0.1) is 5.92 Å². The molecular formula is C39H46N2O5S. The molecule has 2 N–H and O–H groups in total. The lowest BCUT2D eigenvalue weighted by atomic mass is 9.89. The number of nitrogens with one attached hydrogen (secondary N) is 1. The monoisotopic (exact) mass is 654 g/mol. The van der Waals surface area contributed by atoms with Gasteiger partial charge in [-0.2, -0.15) is 0 Å². The smallest absolute Gasteiger partial charge is 0.240 e. The predicted octanol–water partition coefficient (Wildman–Crippen LogP) is 7.38. The number of hydrogen-bond donors (Lipinski definition) is 2. The summed E-state index contributed by atoms with van der Waals surface area (Å²) in [5, 5.41) is 9.61. The minimum absolute atomic E-state index is 0.0115. The van der Waals surface area contributed by atoms with Gasteiger partial charge in [-0.05, 0) is 78.0 Å². The largest absolute Gasteiger partial charge is 0.392 e. The Hall–Kier alpha value is -3.37. The van der Waals surface area contributed by atoms with E-state index in [1.165, 1.54) is 32.1 Å². The maximum Gasteiger partial charge on any atom is 0.240 e. The highest BCUT2D eigenvalue weighted by atomic mass is 32.2. The fourth-order valence-electron chi connectivity index (χ4n) is 6.67. The van der Waals surface area contributed by atoms with Crippen molar-refractivity contribution < 1.29 is 23.0 Å². The van der Waals surface area contributed by atoms with Crippen molar-refractivity contribution in [2.75, 3.05) is 19.6 Å². The topological polar surface area (TPSA) is 88.1 Å². The molecule has 4 atom stereocenters. The zero-order valence-corrected chi connectivity index (χ0v) is 27.9. The van der Waals surface area contributed by atoms with Gasteiger partial charge in [0.2, 0.25) is 10.0 Å². The Labute approximate surface area is 279 Å². The second-order valence-electron chi connectivity index (χ2n) is 12.9. The summed E-state index contributed by atoms with van der Waals surface area (Å²) in [7, 11) is -3.61. The molecule has 0 spiro atoms. The number of likely N-dealkylation sites (tertiary alicyclic amines) is 1. The van der Waals surface area contributed by atoms with Crippen LogP contribution in [0.5, 0.6) is 0 Å². The predicted molar refractivity (Wildman–Crippen MR) is 185 cm³/mol. The van der Waals surface area contributed by atoms with E-state index in [0.29, 0.717) is 0 Å². The van der Waals surface area contributed by atoms with Gasteiger partial charge in [0.25, 0.3) is 0 Å². The molecule has 0 saturated carbocycles. The number of aliphatic hydroxyl groups is 1. The van der Waals surface area contributed by atoms with Gasteiger partial charge in [0.1, 0.15) is 0 Å². The molecule has 2 aliphatic heterocycles. The van der Waals surface area contributed by atoms with Gasteiger partial charge in [-0.1, -0.05) is 105 Å². The molecule has 0 amide bonds. The summed E-state index contributed by atoms with van der Waals surface area (Å²) >= 11 is 0. The number of rotatable bonds is 10. The molecule has 4 aromatic carbocycles. The highest BCUT2D eigenvalue weighted by Crippen LogP contribution is 2.42. The van der Waals surface area contributed by atoms with Crippen molar-refractivity contribution in [1.29, 1.82) is 0 Å². The van der Waals surface area contributed by atoms with Gasteiger partial charge in [0.05, 0.1) is 23.7 Å². The summed E-state index contributed by atoms with van der Waals surface area (Å²) in [5.41, 5.74) is 5.77. The van der Waals surface area contributed by atoms with Crippen molar-refractivity contribution in [2.24, 2.45) is 5.92 Å². The van der Waals surface area contributed by atoms with Crippen LogP contribution < -0.4 is 4.72 Å². The van der Waals surface area contributed by atoms with Gasteiger partial charge in [-0.3, -0.25) is 0 Å². The summed E-state index contributed by atoms with van der Waals surface area (Å²) in [5.74, 6) is 0.135. The zero-order valence-electron chi connectivity index (χ0n) is 27.1. The summed E-state index contributed by atoms with van der Waals surface area (Å²) in [6, 6.07) is 32.7. The number of nitrogens with zero attached hydrogens (tertiary/aromatic N) is 1. The van der Waals surface area contributed by atoms with Gasteiger partial charge in [-0.25, -0.2) is 13.1 Å². The third-order valence-electron chi connectivity index (χ3n) is 9.45. The lowest BCUT2D eigenvalue weighted by Crippen LogP contribution is -2.45. The number of aliphatic hydroxyl groups excluding tert-OH is 1. The van der Waals surface area contributed by atoms with E-state index in [2.05, 4.69) is 46.9 Å². The van der Waals surface area contributed by atoms with Crippen molar-refractivity contribution in [3.63, 3.8) is 0 Å². The molecule has 6 rings (SSSR count). The average molecular weight is 655 g/mol. The quantitative estimate of drug-likeness (QED) is 0.186. The summed E-state index contributed by atoms with van der Waals surface area (Å²) in [6.07, 6.45) is 5.63. The molecule has 0 aliphatic carbocycles. The van der Waals surface area contributed by atoms with E-state index in [4.69, 9.17) is 9.47 Å². The van der Waals surface area contributed by atoms with Crippen LogP contribution >= 0.6 is 0 Å². The third kappa shape index (κ3) is 8.57. The lowest BCUT2D eigenvalue weighted by Gasteiger charge is -2.43. The molecule has 8 heteroatoms.